The first-order chi connectivity index (χ1) is 7.69. The fourth-order valence-corrected chi connectivity index (χ4v) is 1.86. The van der Waals surface area contributed by atoms with Crippen LogP contribution in [0, 0.1) is 0 Å². The molecule has 1 heterocycles. The molecule has 88 valence electrons. The summed E-state index contributed by atoms with van der Waals surface area (Å²) in [5.74, 6) is 0. The summed E-state index contributed by atoms with van der Waals surface area (Å²) in [6.45, 7) is 9.87. The third-order valence-corrected chi connectivity index (χ3v) is 3.09. The monoisotopic (exact) mass is 219 g/mol. The van der Waals surface area contributed by atoms with Crippen LogP contribution < -0.4 is 0 Å². The van der Waals surface area contributed by atoms with Crippen molar-refractivity contribution in [1.29, 1.82) is 0 Å². The van der Waals surface area contributed by atoms with E-state index in [1.165, 1.54) is 19.3 Å². The number of aldehydes is 1. The fraction of sp³-hybridized carbons (Fsp3) is 0.500. The molecular formula is C14H21NO. The quantitative estimate of drug-likeness (QED) is 0.411. The predicted octanol–water partition coefficient (Wildman–Crippen LogP) is 3.08. The molecule has 1 rings (SSSR count). The number of carbonyl (C=O) groups is 1. The normalized spacial score (nSPS) is 19.1. The van der Waals surface area contributed by atoms with Crippen molar-refractivity contribution in [2.75, 3.05) is 13.1 Å². The lowest BCUT2D eigenvalue weighted by molar-refractivity contribution is -0.104. The summed E-state index contributed by atoms with van der Waals surface area (Å²) in [5.41, 5.74) is 2.95. The third kappa shape index (κ3) is 3.37. The van der Waals surface area contributed by atoms with Crippen LogP contribution in [-0.4, -0.2) is 24.3 Å². The topological polar surface area (TPSA) is 20.3 Å². The summed E-state index contributed by atoms with van der Waals surface area (Å²) in [6.07, 6.45) is 8.67. The Kier molecular flexibility index (Phi) is 5.03. The molecule has 0 radical (unpaired) electrons. The van der Waals surface area contributed by atoms with Crippen LogP contribution in [0.4, 0.5) is 0 Å². The second-order valence-electron chi connectivity index (χ2n) is 4.30. The zero-order chi connectivity index (χ0) is 12.0. The lowest BCUT2D eigenvalue weighted by Gasteiger charge is -2.29. The number of hydrogen-bond acceptors (Lipinski definition) is 2. The number of nitrogens with zero attached hydrogens (tertiary/aromatic N) is 1. The van der Waals surface area contributed by atoms with Crippen molar-refractivity contribution in [3.8, 4) is 0 Å². The van der Waals surface area contributed by atoms with Gasteiger partial charge in [0, 0.05) is 18.8 Å². The second kappa shape index (κ2) is 6.31. The first-order valence-electron chi connectivity index (χ1n) is 5.90. The Hall–Kier alpha value is -1.31. The van der Waals surface area contributed by atoms with Crippen molar-refractivity contribution in [1.82, 2.24) is 4.90 Å². The largest absolute Gasteiger partial charge is 0.372 e. The zero-order valence-electron chi connectivity index (χ0n) is 10.3. The zero-order valence-corrected chi connectivity index (χ0v) is 10.3. The molecule has 0 saturated carbocycles. The van der Waals surface area contributed by atoms with Gasteiger partial charge in [-0.3, -0.25) is 4.79 Å². The van der Waals surface area contributed by atoms with E-state index in [0.717, 1.165) is 36.2 Å². The van der Waals surface area contributed by atoms with Crippen LogP contribution in [0.2, 0.25) is 0 Å². The van der Waals surface area contributed by atoms with Gasteiger partial charge in [-0.25, -0.2) is 0 Å². The van der Waals surface area contributed by atoms with E-state index in [0.29, 0.717) is 0 Å². The van der Waals surface area contributed by atoms with Crippen LogP contribution in [-0.2, 0) is 4.79 Å². The van der Waals surface area contributed by atoms with Crippen LogP contribution in [0.1, 0.15) is 33.1 Å². The SMILES string of the molecule is C=C/C(=C\C(C)=C(/C)C=O)N1CCCCC1. The Bertz CT molecular complexity index is 320. The molecule has 0 aromatic heterocycles. The van der Waals surface area contributed by atoms with Crippen molar-refractivity contribution in [2.24, 2.45) is 0 Å². The minimum absolute atomic E-state index is 0.788. The molecule has 0 spiro atoms. The number of hydrogen-bond donors (Lipinski definition) is 0. The van der Waals surface area contributed by atoms with E-state index >= 15 is 0 Å². The lowest BCUT2D eigenvalue weighted by Crippen LogP contribution is -2.28. The number of piperidine rings is 1. The highest BCUT2D eigenvalue weighted by atomic mass is 16.1. The van der Waals surface area contributed by atoms with Crippen molar-refractivity contribution in [2.45, 2.75) is 33.1 Å². The Morgan fingerprint density at radius 1 is 1.12 bits per heavy atom. The van der Waals surface area contributed by atoms with Gasteiger partial charge in [0.25, 0.3) is 0 Å². The van der Waals surface area contributed by atoms with Crippen LogP contribution in [0.3, 0.4) is 0 Å². The molecule has 0 bridgehead atoms. The van der Waals surface area contributed by atoms with Gasteiger partial charge in [0.05, 0.1) is 0 Å². The van der Waals surface area contributed by atoms with Gasteiger partial charge >= 0.3 is 0 Å². The first kappa shape index (κ1) is 12.8. The summed E-state index contributed by atoms with van der Waals surface area (Å²) in [5, 5.41) is 0. The van der Waals surface area contributed by atoms with E-state index in [1.807, 2.05) is 19.9 Å². The van der Waals surface area contributed by atoms with Gasteiger partial charge in [-0.05, 0) is 56.4 Å². The van der Waals surface area contributed by atoms with Crippen molar-refractivity contribution < 1.29 is 4.79 Å². The smallest absolute Gasteiger partial charge is 0.146 e. The third-order valence-electron chi connectivity index (χ3n) is 3.09. The Balaban J connectivity index is 2.83. The number of carbonyl (C=O) groups excluding carboxylic acids is 1. The molecule has 2 nitrogen and oxygen atoms in total. The van der Waals surface area contributed by atoms with Gasteiger partial charge in [-0.2, -0.15) is 0 Å². The molecule has 0 unspecified atom stereocenters. The van der Waals surface area contributed by atoms with Gasteiger partial charge in [0.1, 0.15) is 6.29 Å². The molecule has 1 fully saturated rings. The first-order valence-corrected chi connectivity index (χ1v) is 5.90. The summed E-state index contributed by atoms with van der Waals surface area (Å²) in [7, 11) is 0. The summed E-state index contributed by atoms with van der Waals surface area (Å²) >= 11 is 0. The number of rotatable bonds is 4. The van der Waals surface area contributed by atoms with E-state index in [9.17, 15) is 4.79 Å². The Morgan fingerprint density at radius 3 is 2.25 bits per heavy atom. The average Bonchev–Trinajstić information content (AvgIpc) is 2.35. The van der Waals surface area contributed by atoms with Crippen molar-refractivity contribution in [3.63, 3.8) is 0 Å². The summed E-state index contributed by atoms with van der Waals surface area (Å²) in [4.78, 5) is 13.0. The van der Waals surface area contributed by atoms with E-state index in [1.54, 1.807) is 0 Å². The molecule has 0 atom stereocenters. The van der Waals surface area contributed by atoms with Crippen LogP contribution in [0.5, 0.6) is 0 Å². The number of allylic oxidation sites excluding steroid dienone is 4. The van der Waals surface area contributed by atoms with Gasteiger partial charge in [-0.15, -0.1) is 0 Å². The minimum atomic E-state index is 0.788. The minimum Gasteiger partial charge on any atom is -0.372 e. The molecule has 0 amide bonds. The molecule has 0 aliphatic carbocycles. The molecular weight excluding hydrogens is 198 g/mol. The molecule has 1 aliphatic rings. The molecule has 0 aromatic carbocycles. The maximum atomic E-state index is 10.7. The standard InChI is InChI=1S/C14H21NO/c1-4-14(10-12(2)13(3)11-16)15-8-6-5-7-9-15/h4,10-11H,1,5-9H2,2-3H3/b13-12+,14-10+. The predicted molar refractivity (Wildman–Crippen MR) is 68.1 cm³/mol. The fourth-order valence-electron chi connectivity index (χ4n) is 1.86. The van der Waals surface area contributed by atoms with Gasteiger partial charge < -0.3 is 4.90 Å². The molecule has 0 N–H and O–H groups in total. The highest BCUT2D eigenvalue weighted by molar-refractivity contribution is 5.74. The van der Waals surface area contributed by atoms with Gasteiger partial charge in [0.2, 0.25) is 0 Å². The van der Waals surface area contributed by atoms with Crippen molar-refractivity contribution in [3.05, 3.63) is 35.6 Å². The molecule has 1 saturated heterocycles. The lowest BCUT2D eigenvalue weighted by atomic mass is 10.1. The summed E-state index contributed by atoms with van der Waals surface area (Å²) in [6, 6.07) is 0. The molecule has 16 heavy (non-hydrogen) atoms. The summed E-state index contributed by atoms with van der Waals surface area (Å²) < 4.78 is 0. The van der Waals surface area contributed by atoms with Crippen LogP contribution in [0.25, 0.3) is 0 Å². The second-order valence-corrected chi connectivity index (χ2v) is 4.30. The average molecular weight is 219 g/mol. The van der Waals surface area contributed by atoms with Crippen molar-refractivity contribution >= 4 is 6.29 Å². The molecule has 1 aliphatic heterocycles. The van der Waals surface area contributed by atoms with E-state index < -0.39 is 0 Å². The maximum absolute atomic E-state index is 10.7. The van der Waals surface area contributed by atoms with Crippen LogP contribution >= 0.6 is 0 Å². The highest BCUT2D eigenvalue weighted by Crippen LogP contribution is 2.17. The van der Waals surface area contributed by atoms with Gasteiger partial charge in [-0.1, -0.05) is 6.58 Å². The van der Waals surface area contributed by atoms with Crippen LogP contribution in [0.15, 0.2) is 35.6 Å². The Morgan fingerprint density at radius 2 is 1.75 bits per heavy atom. The number of likely N-dealkylation sites (tertiary alicyclic amines) is 1. The van der Waals surface area contributed by atoms with E-state index in [-0.39, 0.29) is 0 Å². The molecule has 2 heteroatoms. The highest BCUT2D eigenvalue weighted by Gasteiger charge is 2.11. The maximum Gasteiger partial charge on any atom is 0.146 e. The Labute approximate surface area is 98.3 Å². The van der Waals surface area contributed by atoms with Gasteiger partial charge in [0.15, 0.2) is 0 Å². The van der Waals surface area contributed by atoms with E-state index in [4.69, 9.17) is 0 Å². The molecule has 0 aromatic rings. The van der Waals surface area contributed by atoms with E-state index in [2.05, 4.69) is 17.6 Å².